The van der Waals surface area contributed by atoms with Gasteiger partial charge in [-0.15, -0.1) is 0 Å². The van der Waals surface area contributed by atoms with Crippen LogP contribution < -0.4 is 5.32 Å². The molecule has 1 aromatic rings. The van der Waals surface area contributed by atoms with Gasteiger partial charge in [0.15, 0.2) is 0 Å². The van der Waals surface area contributed by atoms with E-state index < -0.39 is 17.5 Å². The summed E-state index contributed by atoms with van der Waals surface area (Å²) in [5, 5.41) is 12.4. The molecule has 0 aromatic heterocycles. The molecule has 2 nitrogen and oxygen atoms in total. The Bertz CT molecular complexity index is 397. The zero-order valence-corrected chi connectivity index (χ0v) is 9.22. The third-order valence-corrected chi connectivity index (χ3v) is 3.01. The molecule has 1 unspecified atom stereocenters. The molecule has 0 saturated carbocycles. The van der Waals surface area contributed by atoms with Crippen molar-refractivity contribution in [3.8, 4) is 5.75 Å². The minimum atomic E-state index is -4.50. The molecule has 2 N–H and O–H groups in total. The number of alkyl halides is 3. The van der Waals surface area contributed by atoms with Crippen LogP contribution in [-0.4, -0.2) is 17.7 Å². The first-order chi connectivity index (χ1) is 7.97. The van der Waals surface area contributed by atoms with Crippen LogP contribution in [0.5, 0.6) is 5.75 Å². The number of phenolic OH excluding ortho intramolecular Hbond substituents is 1. The Morgan fingerprint density at radius 2 is 2.12 bits per heavy atom. The number of nitrogens with one attached hydrogen (secondary N) is 1. The largest absolute Gasteiger partial charge is 0.507 e. The zero-order valence-electron chi connectivity index (χ0n) is 9.22. The summed E-state index contributed by atoms with van der Waals surface area (Å²) in [5.74, 6) is -0.708. The molecule has 17 heavy (non-hydrogen) atoms. The Morgan fingerprint density at radius 1 is 1.35 bits per heavy atom. The van der Waals surface area contributed by atoms with E-state index in [-0.39, 0.29) is 6.04 Å². The molecule has 5 heteroatoms. The molecule has 0 radical (unpaired) electrons. The monoisotopic (exact) mass is 245 g/mol. The molecule has 2 rings (SSSR count). The van der Waals surface area contributed by atoms with Crippen LogP contribution in [0.3, 0.4) is 0 Å². The molecule has 1 aromatic carbocycles. The minimum Gasteiger partial charge on any atom is -0.507 e. The van der Waals surface area contributed by atoms with Crippen molar-refractivity contribution in [2.75, 3.05) is 6.54 Å². The molecule has 0 aliphatic carbocycles. The molecular weight excluding hydrogens is 231 g/mol. The average Bonchev–Trinajstić information content (AvgIpc) is 2.72. The molecule has 94 valence electrons. The van der Waals surface area contributed by atoms with E-state index in [1.165, 1.54) is 0 Å². The first-order valence-electron chi connectivity index (χ1n) is 5.59. The molecule has 1 aliphatic rings. The van der Waals surface area contributed by atoms with E-state index in [1.807, 2.05) is 0 Å². The van der Waals surface area contributed by atoms with Crippen molar-refractivity contribution in [3.05, 3.63) is 29.3 Å². The summed E-state index contributed by atoms with van der Waals surface area (Å²) < 4.78 is 37.7. The van der Waals surface area contributed by atoms with Crippen molar-refractivity contribution in [3.63, 3.8) is 0 Å². The Hall–Kier alpha value is -1.23. The maximum absolute atomic E-state index is 12.6. The second-order valence-electron chi connectivity index (χ2n) is 4.35. The van der Waals surface area contributed by atoms with E-state index in [4.69, 9.17) is 0 Å². The van der Waals surface area contributed by atoms with E-state index >= 15 is 0 Å². The Kier molecular flexibility index (Phi) is 3.28. The first kappa shape index (κ1) is 12.2. The highest BCUT2D eigenvalue weighted by atomic mass is 19.4. The predicted molar refractivity (Wildman–Crippen MR) is 57.8 cm³/mol. The number of hydrogen-bond donors (Lipinski definition) is 2. The summed E-state index contributed by atoms with van der Waals surface area (Å²) in [6.07, 6.45) is -1.87. The highest BCUT2D eigenvalue weighted by Crippen LogP contribution is 2.36. The van der Waals surface area contributed by atoms with Gasteiger partial charge in [0.1, 0.15) is 5.75 Å². The fraction of sp³-hybridized carbons (Fsp3) is 0.500. The van der Waals surface area contributed by atoms with Crippen LogP contribution in [0, 0.1) is 0 Å². The van der Waals surface area contributed by atoms with Crippen LogP contribution >= 0.6 is 0 Å². The number of rotatable bonds is 2. The molecule has 0 amide bonds. The topological polar surface area (TPSA) is 32.3 Å². The van der Waals surface area contributed by atoms with Crippen molar-refractivity contribution in [2.45, 2.75) is 31.5 Å². The van der Waals surface area contributed by atoms with Gasteiger partial charge in [-0.2, -0.15) is 13.2 Å². The lowest BCUT2D eigenvalue weighted by molar-refractivity contribution is -0.138. The number of hydrogen-bond acceptors (Lipinski definition) is 2. The van der Waals surface area contributed by atoms with Crippen molar-refractivity contribution < 1.29 is 18.3 Å². The molecule has 1 saturated heterocycles. The minimum absolute atomic E-state index is 0.251. The summed E-state index contributed by atoms with van der Waals surface area (Å²) in [6.45, 7) is 0.925. The Balaban J connectivity index is 2.18. The van der Waals surface area contributed by atoms with E-state index in [0.717, 1.165) is 31.5 Å². The second-order valence-corrected chi connectivity index (χ2v) is 4.35. The molecule has 1 fully saturated rings. The molecule has 1 heterocycles. The molecule has 0 bridgehead atoms. The summed E-state index contributed by atoms with van der Waals surface area (Å²) in [4.78, 5) is 0. The average molecular weight is 245 g/mol. The second kappa shape index (κ2) is 4.56. The maximum Gasteiger partial charge on any atom is 0.419 e. The summed E-state index contributed by atoms with van der Waals surface area (Å²) in [5.41, 5.74) is -0.345. The van der Waals surface area contributed by atoms with Gasteiger partial charge in [-0.1, -0.05) is 6.07 Å². The van der Waals surface area contributed by atoms with Gasteiger partial charge in [-0.05, 0) is 43.5 Å². The number of phenols is 1. The smallest absolute Gasteiger partial charge is 0.419 e. The van der Waals surface area contributed by atoms with Crippen LogP contribution in [-0.2, 0) is 12.6 Å². The highest BCUT2D eigenvalue weighted by molar-refractivity contribution is 5.38. The number of benzene rings is 1. The molecule has 1 aliphatic heterocycles. The third kappa shape index (κ3) is 2.91. The van der Waals surface area contributed by atoms with E-state index in [9.17, 15) is 18.3 Å². The predicted octanol–water partition coefficient (Wildman–Crippen LogP) is 2.71. The van der Waals surface area contributed by atoms with Crippen molar-refractivity contribution in [1.82, 2.24) is 5.32 Å². The van der Waals surface area contributed by atoms with Gasteiger partial charge in [0.25, 0.3) is 0 Å². The summed E-state index contributed by atoms with van der Waals surface area (Å²) in [6, 6.07) is 3.95. The van der Waals surface area contributed by atoms with E-state index in [1.54, 1.807) is 6.07 Å². The van der Waals surface area contributed by atoms with Crippen molar-refractivity contribution >= 4 is 0 Å². The lowest BCUT2D eigenvalue weighted by atomic mass is 10.0. The lowest BCUT2D eigenvalue weighted by Gasteiger charge is -2.13. The van der Waals surface area contributed by atoms with Crippen molar-refractivity contribution in [1.29, 1.82) is 0 Å². The molecular formula is C12H14F3NO. The molecule has 0 spiro atoms. The summed E-state index contributed by atoms with van der Waals surface area (Å²) in [7, 11) is 0. The first-order valence-corrected chi connectivity index (χ1v) is 5.59. The number of aromatic hydroxyl groups is 1. The quantitative estimate of drug-likeness (QED) is 0.839. The lowest BCUT2D eigenvalue weighted by Crippen LogP contribution is -2.23. The van der Waals surface area contributed by atoms with Gasteiger partial charge < -0.3 is 10.4 Å². The van der Waals surface area contributed by atoms with E-state index in [0.29, 0.717) is 12.0 Å². The van der Waals surface area contributed by atoms with Crippen molar-refractivity contribution in [2.24, 2.45) is 0 Å². The van der Waals surface area contributed by atoms with Gasteiger partial charge in [-0.3, -0.25) is 0 Å². The van der Waals surface area contributed by atoms with Gasteiger partial charge in [-0.25, -0.2) is 0 Å². The van der Waals surface area contributed by atoms with Gasteiger partial charge in [0, 0.05) is 6.04 Å². The van der Waals surface area contributed by atoms with Crippen LogP contribution in [0.15, 0.2) is 18.2 Å². The normalized spacial score (nSPS) is 20.8. The van der Waals surface area contributed by atoms with Crippen LogP contribution in [0.4, 0.5) is 13.2 Å². The standard InChI is InChI=1S/C12H14F3NO/c13-12(14,15)10-7-8(3-4-11(10)17)6-9-2-1-5-16-9/h3-4,7,9,16-17H,1-2,5-6H2. The highest BCUT2D eigenvalue weighted by Gasteiger charge is 2.34. The fourth-order valence-corrected chi connectivity index (χ4v) is 2.15. The van der Waals surface area contributed by atoms with Crippen LogP contribution in [0.1, 0.15) is 24.0 Å². The van der Waals surface area contributed by atoms with Gasteiger partial charge in [0.2, 0.25) is 0 Å². The maximum atomic E-state index is 12.6. The summed E-state index contributed by atoms with van der Waals surface area (Å²) >= 11 is 0. The Morgan fingerprint density at radius 3 is 2.71 bits per heavy atom. The van der Waals surface area contributed by atoms with Gasteiger partial charge in [0.05, 0.1) is 5.56 Å². The van der Waals surface area contributed by atoms with Gasteiger partial charge >= 0.3 is 6.18 Å². The molecule has 1 atom stereocenters. The fourth-order valence-electron chi connectivity index (χ4n) is 2.15. The van der Waals surface area contributed by atoms with Crippen LogP contribution in [0.25, 0.3) is 0 Å². The Labute approximate surface area is 97.5 Å². The number of halogens is 3. The SMILES string of the molecule is Oc1ccc(CC2CCCN2)cc1C(F)(F)F. The van der Waals surface area contributed by atoms with E-state index in [2.05, 4.69) is 5.32 Å². The van der Waals surface area contributed by atoms with Crippen LogP contribution in [0.2, 0.25) is 0 Å². The zero-order chi connectivity index (χ0) is 12.5. The third-order valence-electron chi connectivity index (χ3n) is 3.01.